The van der Waals surface area contributed by atoms with Crippen LogP contribution in [0, 0.1) is 0 Å². The number of aliphatic carboxylic acids is 1. The molecule has 22 heavy (non-hydrogen) atoms. The van der Waals surface area contributed by atoms with Gasteiger partial charge in [-0.3, -0.25) is 0 Å². The normalized spacial score (nSPS) is 12.3. The van der Waals surface area contributed by atoms with Crippen molar-refractivity contribution in [2.45, 2.75) is 96.5 Å². The van der Waals surface area contributed by atoms with E-state index >= 15 is 0 Å². The molecule has 0 saturated heterocycles. The monoisotopic (exact) mass is 320 g/mol. The number of unbranched alkanes of at least 4 members (excludes halogenated alkanes) is 8. The Morgan fingerprint density at radius 1 is 1.00 bits per heavy atom. The van der Waals surface area contributed by atoms with Crippen molar-refractivity contribution in [3.05, 3.63) is 12.2 Å². The largest absolute Gasteiger partial charge is 1.00 e. The summed E-state index contributed by atoms with van der Waals surface area (Å²) < 4.78 is 0. The van der Waals surface area contributed by atoms with Gasteiger partial charge in [0.25, 0.3) is 0 Å². The average Bonchev–Trinajstić information content (AvgIpc) is 2.45. The van der Waals surface area contributed by atoms with E-state index in [0.29, 0.717) is 0 Å². The van der Waals surface area contributed by atoms with Crippen molar-refractivity contribution in [2.75, 3.05) is 0 Å². The summed E-state index contributed by atoms with van der Waals surface area (Å²) in [4.78, 5) is 10.2. The molecular formula is C18H33NaO3. The number of hydrogen-bond donors (Lipinski definition) is 1. The van der Waals surface area contributed by atoms with Gasteiger partial charge in [-0.05, 0) is 38.5 Å². The smallest absolute Gasteiger partial charge is 0.550 e. The molecule has 0 radical (unpaired) electrons. The van der Waals surface area contributed by atoms with Crippen LogP contribution in [0.15, 0.2) is 12.2 Å². The predicted octanol–water partition coefficient (Wildman–Crippen LogP) is 0.749. The molecule has 0 aliphatic heterocycles. The number of rotatable bonds is 15. The van der Waals surface area contributed by atoms with Crippen LogP contribution in [0.4, 0.5) is 0 Å². The Bertz CT molecular complexity index is 267. The number of carboxylic acid groups (broad SMARTS) is 1. The third-order valence-corrected chi connectivity index (χ3v) is 3.72. The second-order valence-corrected chi connectivity index (χ2v) is 5.89. The topological polar surface area (TPSA) is 60.4 Å². The summed E-state index contributed by atoms with van der Waals surface area (Å²) in [6.07, 6.45) is 17.0. The molecular weight excluding hydrogens is 287 g/mol. The summed E-state index contributed by atoms with van der Waals surface area (Å²) in [5, 5.41) is 20.0. The number of carbonyl (C=O) groups excluding carboxylic acids is 1. The molecule has 0 aromatic heterocycles. The van der Waals surface area contributed by atoms with Gasteiger partial charge in [-0.2, -0.15) is 0 Å². The van der Waals surface area contributed by atoms with Crippen LogP contribution in [-0.2, 0) is 4.79 Å². The molecule has 3 nitrogen and oxygen atoms in total. The summed E-state index contributed by atoms with van der Waals surface area (Å²) >= 11 is 0. The third kappa shape index (κ3) is 20.2. The van der Waals surface area contributed by atoms with Gasteiger partial charge >= 0.3 is 29.6 Å². The van der Waals surface area contributed by atoms with E-state index < -0.39 is 5.97 Å². The van der Waals surface area contributed by atoms with Crippen LogP contribution in [0.5, 0.6) is 0 Å². The Morgan fingerprint density at radius 3 is 2.32 bits per heavy atom. The second kappa shape index (κ2) is 19.2. The SMILES string of the molecule is CCCCCCC(O)CC=CCCCCCCCC(=O)[O-].[Na+]. The number of aliphatic hydroxyl groups is 1. The molecule has 4 heteroatoms. The maximum absolute atomic E-state index is 10.2. The first-order valence-electron chi connectivity index (χ1n) is 8.69. The number of aliphatic hydroxyl groups excluding tert-OH is 1. The molecule has 1 N–H and O–H groups in total. The molecule has 0 spiro atoms. The van der Waals surface area contributed by atoms with Crippen LogP contribution in [0.1, 0.15) is 90.4 Å². The van der Waals surface area contributed by atoms with Crippen molar-refractivity contribution in [1.29, 1.82) is 0 Å². The van der Waals surface area contributed by atoms with Crippen molar-refractivity contribution in [1.82, 2.24) is 0 Å². The van der Waals surface area contributed by atoms with Gasteiger partial charge in [0.2, 0.25) is 0 Å². The average molecular weight is 320 g/mol. The standard InChI is InChI=1S/C18H34O3.Na/c1-2-3-4-11-14-17(19)15-12-9-7-5-6-8-10-13-16-18(20)21;/h9,12,17,19H,2-8,10-11,13-16H2,1H3,(H,20,21);/q;+1/p-1. The van der Waals surface area contributed by atoms with Gasteiger partial charge in [-0.1, -0.05) is 64.0 Å². The minimum absolute atomic E-state index is 0. The Labute approximate surface area is 158 Å². The molecule has 0 rings (SSSR count). The van der Waals surface area contributed by atoms with Gasteiger partial charge in [0.15, 0.2) is 0 Å². The minimum Gasteiger partial charge on any atom is -0.550 e. The summed E-state index contributed by atoms with van der Waals surface area (Å²) in [7, 11) is 0. The number of hydrogen-bond acceptors (Lipinski definition) is 3. The summed E-state index contributed by atoms with van der Waals surface area (Å²) in [5.41, 5.74) is 0. The maximum Gasteiger partial charge on any atom is 1.00 e. The van der Waals surface area contributed by atoms with Gasteiger partial charge in [0.05, 0.1) is 6.10 Å². The first-order chi connectivity index (χ1) is 10.2. The fourth-order valence-electron chi connectivity index (χ4n) is 2.36. The van der Waals surface area contributed by atoms with Gasteiger partial charge in [-0.15, -0.1) is 0 Å². The zero-order valence-electron chi connectivity index (χ0n) is 14.7. The summed E-state index contributed by atoms with van der Waals surface area (Å²) in [6.45, 7) is 2.20. The molecule has 0 heterocycles. The van der Waals surface area contributed by atoms with Crippen molar-refractivity contribution >= 4 is 5.97 Å². The van der Waals surface area contributed by atoms with Crippen molar-refractivity contribution < 1.29 is 44.6 Å². The Hall–Kier alpha value is 0.170. The molecule has 0 saturated carbocycles. The van der Waals surface area contributed by atoms with Crippen molar-refractivity contribution in [3.63, 3.8) is 0 Å². The van der Waals surface area contributed by atoms with E-state index in [1.165, 1.54) is 19.3 Å². The molecule has 1 unspecified atom stereocenters. The maximum atomic E-state index is 10.2. The van der Waals surface area contributed by atoms with E-state index in [4.69, 9.17) is 0 Å². The Balaban J connectivity index is 0. The van der Waals surface area contributed by atoms with E-state index in [1.54, 1.807) is 0 Å². The zero-order chi connectivity index (χ0) is 15.8. The van der Waals surface area contributed by atoms with Crippen LogP contribution >= 0.6 is 0 Å². The molecule has 0 bridgehead atoms. The molecule has 1 atom stereocenters. The zero-order valence-corrected chi connectivity index (χ0v) is 16.7. The number of carboxylic acids is 1. The minimum atomic E-state index is -0.939. The van der Waals surface area contributed by atoms with Crippen LogP contribution in [0.3, 0.4) is 0 Å². The van der Waals surface area contributed by atoms with Crippen LogP contribution < -0.4 is 34.7 Å². The van der Waals surface area contributed by atoms with Gasteiger partial charge in [-0.25, -0.2) is 0 Å². The van der Waals surface area contributed by atoms with Crippen LogP contribution in [0.25, 0.3) is 0 Å². The van der Waals surface area contributed by atoms with Crippen molar-refractivity contribution in [2.24, 2.45) is 0 Å². The fourth-order valence-corrected chi connectivity index (χ4v) is 2.36. The van der Waals surface area contributed by atoms with Crippen LogP contribution in [0.2, 0.25) is 0 Å². The second-order valence-electron chi connectivity index (χ2n) is 5.89. The molecule has 0 aromatic rings. The van der Waals surface area contributed by atoms with Crippen molar-refractivity contribution in [3.8, 4) is 0 Å². The van der Waals surface area contributed by atoms with Gasteiger partial charge in [0, 0.05) is 5.97 Å². The molecule has 0 aromatic carbocycles. The predicted molar refractivity (Wildman–Crippen MR) is 85.8 cm³/mol. The fraction of sp³-hybridized carbons (Fsp3) is 0.833. The van der Waals surface area contributed by atoms with E-state index in [0.717, 1.165) is 57.8 Å². The molecule has 0 aliphatic rings. The van der Waals surface area contributed by atoms with Gasteiger partial charge in [0.1, 0.15) is 0 Å². The van der Waals surface area contributed by atoms with E-state index in [1.807, 2.05) is 0 Å². The summed E-state index contributed by atoms with van der Waals surface area (Å²) in [5.74, 6) is -0.939. The molecule has 0 fully saturated rings. The van der Waals surface area contributed by atoms with Gasteiger partial charge < -0.3 is 15.0 Å². The first-order valence-corrected chi connectivity index (χ1v) is 8.69. The Kier molecular flexibility index (Phi) is 21.3. The van der Waals surface area contributed by atoms with E-state index in [2.05, 4.69) is 19.1 Å². The van der Waals surface area contributed by atoms with Crippen LogP contribution in [-0.4, -0.2) is 17.2 Å². The number of carbonyl (C=O) groups is 1. The molecule has 124 valence electrons. The molecule has 0 aliphatic carbocycles. The first kappa shape index (κ1) is 24.4. The Morgan fingerprint density at radius 2 is 1.64 bits per heavy atom. The van der Waals surface area contributed by atoms with E-state index in [9.17, 15) is 15.0 Å². The quantitative estimate of drug-likeness (QED) is 0.275. The molecule has 0 amide bonds. The number of allylic oxidation sites excluding steroid dienone is 1. The summed E-state index contributed by atoms with van der Waals surface area (Å²) in [6, 6.07) is 0. The third-order valence-electron chi connectivity index (χ3n) is 3.72. The van der Waals surface area contributed by atoms with E-state index in [-0.39, 0.29) is 42.1 Å².